The highest BCUT2D eigenvalue weighted by Gasteiger charge is 2.51. The van der Waals surface area contributed by atoms with E-state index in [1.807, 2.05) is 0 Å². The number of fused-ring (bicyclic) bond motifs is 2. The van der Waals surface area contributed by atoms with E-state index >= 15 is 13.2 Å². The van der Waals surface area contributed by atoms with Crippen molar-refractivity contribution in [3.8, 4) is 5.75 Å². The van der Waals surface area contributed by atoms with Gasteiger partial charge in [0.1, 0.15) is 21.2 Å². The summed E-state index contributed by atoms with van der Waals surface area (Å²) in [4.78, 5) is 60.6. The molecule has 3 N–H and O–H groups in total. The van der Waals surface area contributed by atoms with Crippen LogP contribution < -0.4 is 9.37 Å². The van der Waals surface area contributed by atoms with Crippen molar-refractivity contribution in [1.82, 2.24) is 4.90 Å². The maximum absolute atomic E-state index is 16.1. The van der Waals surface area contributed by atoms with E-state index in [1.54, 1.807) is 0 Å². The molecular weight excluding hydrogens is 719 g/mol. The van der Waals surface area contributed by atoms with Crippen LogP contribution in [0.25, 0.3) is 5.57 Å². The van der Waals surface area contributed by atoms with Crippen LogP contribution in [0.1, 0.15) is 31.8 Å². The van der Waals surface area contributed by atoms with Crippen molar-refractivity contribution < 1.29 is 82.6 Å². The molecule has 1 heterocycles. The SMILES string of the molecule is C[Si]1(C)C2=C(F)C(=O)C(F)=CC2=C(c2ccc(C(=O)N(CC(=O)O)CC(=O)O)cc2C(=O)O)c2cc(F)c(OS(=O)(=O)C(F)(F)F)c(F)c21. The van der Waals surface area contributed by atoms with Crippen LogP contribution in [-0.2, 0) is 24.5 Å². The Morgan fingerprint density at radius 2 is 1.49 bits per heavy atom. The standard InChI is InChI=1S/C28H18F7NO11SSi/c1-49(2)24-13(6-15(29)22(41)20(24)31)19(14-7-16(30)23(21(32)25(14)49)47-48(45,46)28(33,34)35)11-4-3-10(5-12(11)27(43)44)26(42)36(8-17(37)38)9-18(39)40/h3-7H,8-9H2,1-2H3,(H,37,38)(H,39,40)(H,43,44). The van der Waals surface area contributed by atoms with Crippen molar-refractivity contribution in [1.29, 1.82) is 0 Å². The third kappa shape index (κ3) is 6.33. The van der Waals surface area contributed by atoms with Crippen LogP contribution in [0.4, 0.5) is 30.7 Å². The topological polar surface area (TPSA) is 193 Å². The van der Waals surface area contributed by atoms with Crippen molar-refractivity contribution >= 4 is 58.6 Å². The summed E-state index contributed by atoms with van der Waals surface area (Å²) in [5.74, 6) is -18.2. The summed E-state index contributed by atoms with van der Waals surface area (Å²) in [5.41, 5.74) is -10.5. The molecule has 0 saturated heterocycles. The molecule has 0 atom stereocenters. The van der Waals surface area contributed by atoms with Gasteiger partial charge in [-0.1, -0.05) is 19.2 Å². The molecule has 260 valence electrons. The Morgan fingerprint density at radius 1 is 0.918 bits per heavy atom. The zero-order valence-corrected chi connectivity index (χ0v) is 26.2. The van der Waals surface area contributed by atoms with Crippen LogP contribution in [0.5, 0.6) is 5.75 Å². The molecule has 0 unspecified atom stereocenters. The van der Waals surface area contributed by atoms with Crippen molar-refractivity contribution in [3.63, 3.8) is 0 Å². The molecule has 12 nitrogen and oxygen atoms in total. The first kappa shape index (κ1) is 36.5. The summed E-state index contributed by atoms with van der Waals surface area (Å²) in [6, 6.07) is 2.39. The maximum atomic E-state index is 16.1. The Balaban J connectivity index is 2.11. The molecule has 2 aliphatic rings. The number of alkyl halides is 3. The predicted molar refractivity (Wildman–Crippen MR) is 152 cm³/mol. The second-order valence-corrected chi connectivity index (χ2v) is 16.6. The Morgan fingerprint density at radius 3 is 2.00 bits per heavy atom. The van der Waals surface area contributed by atoms with Gasteiger partial charge in [0.25, 0.3) is 5.91 Å². The van der Waals surface area contributed by atoms with Gasteiger partial charge in [0.2, 0.25) is 11.5 Å². The number of hydrogen-bond donors (Lipinski definition) is 3. The number of nitrogens with zero attached hydrogens (tertiary/aromatic N) is 1. The van der Waals surface area contributed by atoms with E-state index in [4.69, 9.17) is 10.2 Å². The fraction of sp³-hybridized carbons (Fsp3) is 0.179. The first-order valence-electron chi connectivity index (χ1n) is 13.1. The smallest absolute Gasteiger partial charge is 0.480 e. The number of carbonyl (C=O) groups is 5. The predicted octanol–water partition coefficient (Wildman–Crippen LogP) is 3.43. The van der Waals surface area contributed by atoms with Crippen LogP contribution in [-0.4, -0.2) is 84.9 Å². The van der Waals surface area contributed by atoms with E-state index in [9.17, 15) is 55.1 Å². The Kier molecular flexibility index (Phi) is 9.16. The molecule has 49 heavy (non-hydrogen) atoms. The molecule has 21 heteroatoms. The maximum Gasteiger partial charge on any atom is 0.534 e. The fourth-order valence-corrected chi connectivity index (χ4v) is 9.18. The molecule has 1 aliphatic heterocycles. The zero-order valence-electron chi connectivity index (χ0n) is 24.4. The molecule has 4 rings (SSSR count). The van der Waals surface area contributed by atoms with Gasteiger partial charge in [-0.3, -0.25) is 19.2 Å². The number of rotatable bonds is 9. The second kappa shape index (κ2) is 12.3. The van der Waals surface area contributed by atoms with E-state index in [0.717, 1.165) is 25.2 Å². The number of benzene rings is 2. The van der Waals surface area contributed by atoms with Crippen LogP contribution >= 0.6 is 0 Å². The van der Waals surface area contributed by atoms with Crippen LogP contribution in [0.2, 0.25) is 13.1 Å². The molecule has 1 aliphatic carbocycles. The van der Waals surface area contributed by atoms with E-state index in [1.165, 1.54) is 0 Å². The molecule has 0 fully saturated rings. The summed E-state index contributed by atoms with van der Waals surface area (Å²) < 4.78 is 128. The summed E-state index contributed by atoms with van der Waals surface area (Å²) in [5, 5.41) is 26.6. The lowest BCUT2D eigenvalue weighted by Crippen LogP contribution is -2.52. The third-order valence-corrected chi connectivity index (χ3v) is 11.8. The van der Waals surface area contributed by atoms with Gasteiger partial charge in [-0.25, -0.2) is 22.4 Å². The van der Waals surface area contributed by atoms with Crippen LogP contribution in [0.15, 0.2) is 52.8 Å². The number of halogens is 7. The van der Waals surface area contributed by atoms with Gasteiger partial charge in [-0.2, -0.15) is 21.6 Å². The Labute approximate surface area is 270 Å². The largest absolute Gasteiger partial charge is 0.534 e. The van der Waals surface area contributed by atoms with Crippen LogP contribution in [0, 0.1) is 11.6 Å². The summed E-state index contributed by atoms with van der Waals surface area (Å²) in [7, 11) is -10.9. The van der Waals surface area contributed by atoms with Gasteiger partial charge in [0, 0.05) is 5.56 Å². The number of amides is 1. The fourth-order valence-electron chi connectivity index (χ4n) is 5.39. The van der Waals surface area contributed by atoms with E-state index < -0.39 is 139 Å². The highest BCUT2D eigenvalue weighted by Crippen LogP contribution is 2.47. The number of ketones is 1. The minimum Gasteiger partial charge on any atom is -0.480 e. The van der Waals surface area contributed by atoms with E-state index in [2.05, 4.69) is 4.18 Å². The lowest BCUT2D eigenvalue weighted by Gasteiger charge is -2.38. The molecule has 0 bridgehead atoms. The minimum absolute atomic E-state index is 0.236. The number of carboxylic acid groups (broad SMARTS) is 3. The first-order valence-corrected chi connectivity index (χ1v) is 17.5. The Bertz CT molecular complexity index is 2090. The van der Waals surface area contributed by atoms with Gasteiger partial charge < -0.3 is 24.4 Å². The van der Waals surface area contributed by atoms with Crippen molar-refractivity contribution in [3.05, 3.63) is 86.7 Å². The minimum atomic E-state index is -6.69. The summed E-state index contributed by atoms with van der Waals surface area (Å²) in [6.07, 6.45) is 0.425. The molecule has 1 amide bonds. The molecule has 0 spiro atoms. The Hall–Kier alpha value is -5.31. The summed E-state index contributed by atoms with van der Waals surface area (Å²) in [6.45, 7) is -0.138. The molecule has 2 aromatic carbocycles. The number of Topliss-reactive ketones (excluding diaryl/α,β-unsaturated/α-hetero) is 1. The van der Waals surface area contributed by atoms with Crippen molar-refractivity contribution in [2.75, 3.05) is 13.1 Å². The van der Waals surface area contributed by atoms with Gasteiger partial charge in [-0.15, -0.1) is 0 Å². The normalized spacial score (nSPS) is 15.7. The number of allylic oxidation sites excluding steroid dienone is 5. The molecule has 2 aromatic rings. The average molecular weight is 738 g/mol. The van der Waals surface area contributed by atoms with E-state index in [0.29, 0.717) is 17.0 Å². The first-order chi connectivity index (χ1) is 22.4. The average Bonchev–Trinajstić information content (AvgIpc) is 2.95. The highest BCUT2D eigenvalue weighted by atomic mass is 32.2. The quantitative estimate of drug-likeness (QED) is 0.148. The molecule has 0 saturated carbocycles. The number of carboxylic acids is 3. The monoisotopic (exact) mass is 737 g/mol. The van der Waals surface area contributed by atoms with Gasteiger partial charge in [-0.05, 0) is 56.9 Å². The van der Waals surface area contributed by atoms with Crippen LogP contribution in [0.3, 0.4) is 0 Å². The summed E-state index contributed by atoms with van der Waals surface area (Å²) >= 11 is 0. The second-order valence-electron chi connectivity index (χ2n) is 10.8. The van der Waals surface area contributed by atoms with Gasteiger partial charge in [0.15, 0.2) is 23.3 Å². The molecular formula is C28H18F7NO11SSi. The molecule has 0 aromatic heterocycles. The third-order valence-electron chi connectivity index (χ3n) is 7.32. The highest BCUT2D eigenvalue weighted by molar-refractivity contribution is 7.88. The lowest BCUT2D eigenvalue weighted by atomic mass is 9.86. The molecule has 0 radical (unpaired) electrons. The van der Waals surface area contributed by atoms with Crippen molar-refractivity contribution in [2.45, 2.75) is 18.6 Å². The van der Waals surface area contributed by atoms with E-state index in [-0.39, 0.29) is 6.07 Å². The van der Waals surface area contributed by atoms with Gasteiger partial charge in [0.05, 0.1) is 5.56 Å². The zero-order chi connectivity index (χ0) is 37.1. The number of hydrogen-bond acceptors (Lipinski definition) is 8. The number of aliphatic carboxylic acids is 2. The van der Waals surface area contributed by atoms with Crippen molar-refractivity contribution in [2.24, 2.45) is 0 Å². The van der Waals surface area contributed by atoms with Gasteiger partial charge >= 0.3 is 33.5 Å². The lowest BCUT2D eigenvalue weighted by molar-refractivity contribution is -0.140. The number of aromatic carboxylic acids is 1. The number of carbonyl (C=O) groups excluding carboxylic acids is 2.